The van der Waals surface area contributed by atoms with E-state index in [1.165, 1.54) is 22.1 Å². The highest BCUT2D eigenvalue weighted by Gasteiger charge is 2.11. The number of hydrogen-bond donors (Lipinski definition) is 1. The molecule has 0 aliphatic carbocycles. The fourth-order valence-corrected chi connectivity index (χ4v) is 2.48. The summed E-state index contributed by atoms with van der Waals surface area (Å²) < 4.78 is 1.31. The Hall–Kier alpha value is -2.13. The van der Waals surface area contributed by atoms with Crippen molar-refractivity contribution in [2.45, 2.75) is 13.8 Å². The molecule has 2 rings (SSSR count). The van der Waals surface area contributed by atoms with Gasteiger partial charge in [0, 0.05) is 11.1 Å². The number of aromatic amines is 1. The first-order valence-corrected chi connectivity index (χ1v) is 5.73. The van der Waals surface area contributed by atoms with Crippen molar-refractivity contribution in [1.82, 2.24) is 9.55 Å². The minimum Gasteiger partial charge on any atom is -0.273 e. The molecule has 2 aromatic heterocycles. The molecule has 0 bridgehead atoms. The van der Waals surface area contributed by atoms with Crippen molar-refractivity contribution in [2.75, 3.05) is 0 Å². The summed E-state index contributed by atoms with van der Waals surface area (Å²) >= 11 is 1.52. The van der Waals surface area contributed by atoms with Crippen LogP contribution in [0.5, 0.6) is 0 Å². The Bertz CT molecular complexity index is 711. The van der Waals surface area contributed by atoms with Crippen molar-refractivity contribution in [1.29, 1.82) is 5.26 Å². The van der Waals surface area contributed by atoms with E-state index in [9.17, 15) is 9.59 Å². The Balaban J connectivity index is 2.82. The number of rotatable bonds is 1. The number of thiophene rings is 1. The summed E-state index contributed by atoms with van der Waals surface area (Å²) in [6.07, 6.45) is 1.28. The Morgan fingerprint density at radius 3 is 2.65 bits per heavy atom. The maximum Gasteiger partial charge on any atom is 0.333 e. The van der Waals surface area contributed by atoms with Crippen LogP contribution in [0.2, 0.25) is 0 Å². The van der Waals surface area contributed by atoms with Crippen LogP contribution in [0.15, 0.2) is 21.2 Å². The van der Waals surface area contributed by atoms with Gasteiger partial charge in [-0.3, -0.25) is 14.3 Å². The average molecular weight is 247 g/mol. The van der Waals surface area contributed by atoms with Crippen molar-refractivity contribution in [3.8, 4) is 11.8 Å². The van der Waals surface area contributed by atoms with Crippen molar-refractivity contribution >= 4 is 11.3 Å². The van der Waals surface area contributed by atoms with Crippen LogP contribution >= 0.6 is 11.3 Å². The minimum absolute atomic E-state index is 0.0744. The quantitative estimate of drug-likeness (QED) is 0.818. The molecule has 0 spiro atoms. The second kappa shape index (κ2) is 4.03. The van der Waals surface area contributed by atoms with E-state index in [4.69, 9.17) is 5.26 Å². The number of aryl methyl sites for hydroxylation is 2. The van der Waals surface area contributed by atoms with Gasteiger partial charge in [0.15, 0.2) is 0 Å². The van der Waals surface area contributed by atoms with Crippen molar-refractivity contribution in [2.24, 2.45) is 0 Å². The molecule has 0 aliphatic rings. The van der Waals surface area contributed by atoms with Crippen LogP contribution < -0.4 is 11.2 Å². The molecule has 0 amide bonds. The van der Waals surface area contributed by atoms with Gasteiger partial charge in [-0.05, 0) is 24.8 Å². The molecule has 0 radical (unpaired) electrons. The lowest BCUT2D eigenvalue weighted by molar-refractivity contribution is 0.882. The summed E-state index contributed by atoms with van der Waals surface area (Å²) in [5.74, 6) is 0. The van der Waals surface area contributed by atoms with E-state index < -0.39 is 11.2 Å². The zero-order chi connectivity index (χ0) is 12.6. The SMILES string of the molecule is Cc1csc(C)c1-n1cc(C#N)c(=O)[nH]c1=O. The molecule has 86 valence electrons. The molecule has 5 nitrogen and oxygen atoms in total. The van der Waals surface area contributed by atoms with Gasteiger partial charge >= 0.3 is 5.69 Å². The third-order valence-electron chi connectivity index (χ3n) is 2.42. The number of nitriles is 1. The molecular weight excluding hydrogens is 238 g/mol. The summed E-state index contributed by atoms with van der Waals surface area (Å²) in [6.45, 7) is 3.76. The average Bonchev–Trinajstić information content (AvgIpc) is 2.60. The van der Waals surface area contributed by atoms with Crippen molar-refractivity contribution in [3.63, 3.8) is 0 Å². The van der Waals surface area contributed by atoms with E-state index in [2.05, 4.69) is 4.98 Å². The zero-order valence-corrected chi connectivity index (χ0v) is 10.1. The second-order valence-electron chi connectivity index (χ2n) is 3.61. The lowest BCUT2D eigenvalue weighted by Crippen LogP contribution is -2.30. The summed E-state index contributed by atoms with van der Waals surface area (Å²) in [7, 11) is 0. The Morgan fingerprint density at radius 2 is 2.12 bits per heavy atom. The van der Waals surface area contributed by atoms with Crippen molar-refractivity contribution in [3.05, 3.63) is 48.4 Å². The third-order valence-corrected chi connectivity index (χ3v) is 3.44. The van der Waals surface area contributed by atoms with Crippen LogP contribution in [-0.2, 0) is 0 Å². The fraction of sp³-hybridized carbons (Fsp3) is 0.182. The summed E-state index contributed by atoms with van der Waals surface area (Å²) in [6, 6.07) is 1.76. The molecular formula is C11H9N3O2S. The number of H-pyrrole nitrogens is 1. The second-order valence-corrected chi connectivity index (χ2v) is 4.69. The van der Waals surface area contributed by atoms with Crippen LogP contribution in [-0.4, -0.2) is 9.55 Å². The Kier molecular flexibility index (Phi) is 2.69. The highest BCUT2D eigenvalue weighted by atomic mass is 32.1. The van der Waals surface area contributed by atoms with E-state index >= 15 is 0 Å². The van der Waals surface area contributed by atoms with Crippen LogP contribution in [0.4, 0.5) is 0 Å². The predicted molar refractivity (Wildman–Crippen MR) is 64.7 cm³/mol. The Labute approximate surface area is 101 Å². The van der Waals surface area contributed by atoms with E-state index in [0.29, 0.717) is 0 Å². The lowest BCUT2D eigenvalue weighted by atomic mass is 10.2. The smallest absolute Gasteiger partial charge is 0.273 e. The molecule has 0 saturated carbocycles. The normalized spacial score (nSPS) is 10.2. The van der Waals surface area contributed by atoms with Gasteiger partial charge in [-0.1, -0.05) is 0 Å². The van der Waals surface area contributed by atoms with Gasteiger partial charge in [-0.15, -0.1) is 11.3 Å². The summed E-state index contributed by atoms with van der Waals surface area (Å²) in [4.78, 5) is 26.1. The molecule has 0 unspecified atom stereocenters. The molecule has 0 fully saturated rings. The van der Waals surface area contributed by atoms with Gasteiger partial charge in [-0.25, -0.2) is 4.79 Å². The molecule has 2 heterocycles. The van der Waals surface area contributed by atoms with Gasteiger partial charge in [0.2, 0.25) is 0 Å². The molecule has 0 aromatic carbocycles. The fourth-order valence-electron chi connectivity index (χ4n) is 1.64. The Morgan fingerprint density at radius 1 is 1.41 bits per heavy atom. The van der Waals surface area contributed by atoms with Crippen LogP contribution in [0.25, 0.3) is 5.69 Å². The topological polar surface area (TPSA) is 78.7 Å². The first kappa shape index (κ1) is 11.4. The predicted octanol–water partition coefficient (Wildman–Crippen LogP) is 1.08. The molecule has 0 atom stereocenters. The molecule has 0 aliphatic heterocycles. The monoisotopic (exact) mass is 247 g/mol. The van der Waals surface area contributed by atoms with E-state index in [-0.39, 0.29) is 5.56 Å². The summed E-state index contributed by atoms with van der Waals surface area (Å²) in [5.41, 5.74) is 0.408. The molecule has 6 heteroatoms. The van der Waals surface area contributed by atoms with Gasteiger partial charge in [0.25, 0.3) is 5.56 Å². The van der Waals surface area contributed by atoms with E-state index in [1.807, 2.05) is 19.2 Å². The number of hydrogen-bond acceptors (Lipinski definition) is 4. The number of nitrogens with one attached hydrogen (secondary N) is 1. The third kappa shape index (κ3) is 1.81. The van der Waals surface area contributed by atoms with Gasteiger partial charge in [0.1, 0.15) is 11.6 Å². The van der Waals surface area contributed by atoms with Crippen LogP contribution in [0.3, 0.4) is 0 Å². The van der Waals surface area contributed by atoms with Gasteiger partial charge in [0.05, 0.1) is 5.69 Å². The summed E-state index contributed by atoms with van der Waals surface area (Å²) in [5, 5.41) is 10.7. The first-order chi connectivity index (χ1) is 8.04. The zero-order valence-electron chi connectivity index (χ0n) is 9.27. The molecule has 0 saturated heterocycles. The minimum atomic E-state index is -0.653. The standard InChI is InChI=1S/C11H9N3O2S/c1-6-5-17-7(2)9(6)14-4-8(3-12)10(15)13-11(14)16/h4-5H,1-2H3,(H,13,15,16). The highest BCUT2D eigenvalue weighted by Crippen LogP contribution is 2.23. The molecule has 17 heavy (non-hydrogen) atoms. The van der Waals surface area contributed by atoms with Crippen LogP contribution in [0.1, 0.15) is 16.0 Å². The molecule has 2 aromatic rings. The van der Waals surface area contributed by atoms with E-state index in [0.717, 1.165) is 16.1 Å². The first-order valence-electron chi connectivity index (χ1n) is 4.85. The van der Waals surface area contributed by atoms with E-state index in [1.54, 1.807) is 6.07 Å². The largest absolute Gasteiger partial charge is 0.333 e. The number of aromatic nitrogens is 2. The maximum atomic E-state index is 11.7. The maximum absolute atomic E-state index is 11.7. The lowest BCUT2D eigenvalue weighted by Gasteiger charge is -2.06. The van der Waals surface area contributed by atoms with Gasteiger partial charge in [-0.2, -0.15) is 5.26 Å². The highest BCUT2D eigenvalue weighted by molar-refractivity contribution is 7.10. The van der Waals surface area contributed by atoms with Crippen LogP contribution in [0, 0.1) is 25.2 Å². The van der Waals surface area contributed by atoms with Crippen molar-refractivity contribution < 1.29 is 0 Å². The molecule has 1 N–H and O–H groups in total. The van der Waals surface area contributed by atoms with Gasteiger partial charge < -0.3 is 0 Å². The number of nitrogens with zero attached hydrogens (tertiary/aromatic N) is 2.